The van der Waals surface area contributed by atoms with E-state index in [1.807, 2.05) is 0 Å². The van der Waals surface area contributed by atoms with Crippen LogP contribution in [0.1, 0.15) is 0 Å². The lowest BCUT2D eigenvalue weighted by Crippen LogP contribution is -2.02. The topological polar surface area (TPSA) is 0 Å². The van der Waals surface area contributed by atoms with Crippen molar-refractivity contribution in [2.45, 2.75) is 6.18 Å². The van der Waals surface area contributed by atoms with Crippen LogP contribution < -0.4 is 0 Å². The highest BCUT2D eigenvalue weighted by atomic mass is 19.4. The second-order valence-electron chi connectivity index (χ2n) is 3.67. The van der Waals surface area contributed by atoms with Crippen LogP contribution in [-0.4, -0.2) is 6.18 Å². The predicted molar refractivity (Wildman–Crippen MR) is 80.2 cm³/mol. The summed E-state index contributed by atoms with van der Waals surface area (Å²) in [6.07, 6.45) is 11.2. The molecule has 0 rings (SSSR count). The second-order valence-corrected chi connectivity index (χ2v) is 3.67. The molecule has 0 bridgehead atoms. The molecule has 0 amide bonds. The molecular formula is C17H17F3. The Balaban J connectivity index is 5.05. The zero-order valence-corrected chi connectivity index (χ0v) is 11.1. The third-order valence-corrected chi connectivity index (χ3v) is 1.91. The molecule has 0 heterocycles. The van der Waals surface area contributed by atoms with Crippen molar-refractivity contribution in [1.82, 2.24) is 0 Å². The third kappa shape index (κ3) is 10.8. The van der Waals surface area contributed by atoms with Crippen molar-refractivity contribution in [1.29, 1.82) is 0 Å². The lowest BCUT2D eigenvalue weighted by molar-refractivity contribution is -0.0801. The van der Waals surface area contributed by atoms with Crippen LogP contribution in [0.3, 0.4) is 0 Å². The summed E-state index contributed by atoms with van der Waals surface area (Å²) in [6.45, 7) is 10.7. The molecule has 0 aliphatic carbocycles. The Morgan fingerprint density at radius 1 is 0.750 bits per heavy atom. The lowest BCUT2D eigenvalue weighted by Gasteiger charge is -2.00. The molecule has 0 unspecified atom stereocenters. The predicted octanol–water partition coefficient (Wildman–Crippen LogP) is 5.63. The first-order chi connectivity index (χ1) is 9.39. The summed E-state index contributed by atoms with van der Waals surface area (Å²) < 4.78 is 37.1. The van der Waals surface area contributed by atoms with E-state index in [2.05, 4.69) is 19.7 Å². The molecule has 3 heteroatoms. The summed E-state index contributed by atoms with van der Waals surface area (Å²) in [7, 11) is 0. The van der Waals surface area contributed by atoms with Gasteiger partial charge in [0.15, 0.2) is 0 Å². The largest absolute Gasteiger partial charge is 0.410 e. The minimum absolute atomic E-state index is 0.0272. The molecule has 0 aliphatic rings. The van der Waals surface area contributed by atoms with Gasteiger partial charge in [0.25, 0.3) is 0 Å². The number of rotatable bonds is 7. The minimum atomic E-state index is -4.37. The van der Waals surface area contributed by atoms with Gasteiger partial charge in [0.05, 0.1) is 0 Å². The number of hydrogen-bond donors (Lipinski definition) is 0. The fraction of sp³-hybridized carbons (Fsp3) is 0.0588. The quantitative estimate of drug-likeness (QED) is 0.529. The van der Waals surface area contributed by atoms with Crippen molar-refractivity contribution < 1.29 is 13.2 Å². The van der Waals surface area contributed by atoms with E-state index in [1.54, 1.807) is 30.4 Å². The molecule has 0 aromatic rings. The first kappa shape index (κ1) is 17.7. The maximum absolute atomic E-state index is 12.4. The first-order valence-corrected chi connectivity index (χ1v) is 5.80. The Labute approximate surface area is 118 Å². The number of allylic oxidation sites excluding steroid dienone is 13. The van der Waals surface area contributed by atoms with Crippen LogP contribution >= 0.6 is 0 Å². The van der Waals surface area contributed by atoms with E-state index in [1.165, 1.54) is 30.4 Å². The molecule has 0 aliphatic heterocycles. The third-order valence-electron chi connectivity index (χ3n) is 1.91. The smallest absolute Gasteiger partial charge is 0.167 e. The minimum Gasteiger partial charge on any atom is -0.167 e. The van der Waals surface area contributed by atoms with Gasteiger partial charge in [0, 0.05) is 6.08 Å². The molecule has 106 valence electrons. The summed E-state index contributed by atoms with van der Waals surface area (Å²) in [5.41, 5.74) is 0.604. The van der Waals surface area contributed by atoms with Crippen molar-refractivity contribution in [3.63, 3.8) is 0 Å². The van der Waals surface area contributed by atoms with E-state index in [0.29, 0.717) is 5.57 Å². The van der Waals surface area contributed by atoms with Gasteiger partial charge in [-0.1, -0.05) is 80.5 Å². The molecule has 0 N–H and O–H groups in total. The van der Waals surface area contributed by atoms with Gasteiger partial charge in [0.2, 0.25) is 0 Å². The Bertz CT molecular complexity index is 481. The molecule has 0 saturated carbocycles. The van der Waals surface area contributed by atoms with E-state index >= 15 is 0 Å². The van der Waals surface area contributed by atoms with Crippen LogP contribution in [0.2, 0.25) is 0 Å². The Kier molecular flexibility index (Phi) is 8.51. The van der Waals surface area contributed by atoms with Crippen molar-refractivity contribution >= 4 is 0 Å². The average molecular weight is 278 g/mol. The SMILES string of the molecule is C=C\C=C/C=C\C(\C=C/C(=C)/C=C\C=C)=C\C(F)(F)F. The van der Waals surface area contributed by atoms with E-state index in [-0.39, 0.29) is 11.6 Å². The Hall–Kier alpha value is -2.29. The van der Waals surface area contributed by atoms with Gasteiger partial charge in [-0.25, -0.2) is 0 Å². The van der Waals surface area contributed by atoms with Gasteiger partial charge in [0.1, 0.15) is 0 Å². The standard InChI is InChI=1S/C17H17F3/c1-4-6-8-9-11-16(14-17(18,19)20)13-12-15(3)10-7-5-2/h4-14H,1-3H2/b8-6-,10-7-,11-9-,13-12-,16-14-. The highest BCUT2D eigenvalue weighted by Crippen LogP contribution is 2.20. The van der Waals surface area contributed by atoms with Crippen molar-refractivity contribution in [2.24, 2.45) is 0 Å². The zero-order valence-electron chi connectivity index (χ0n) is 11.1. The number of hydrogen-bond acceptors (Lipinski definition) is 0. The zero-order chi connectivity index (χ0) is 15.4. The molecule has 0 aromatic carbocycles. The molecular weight excluding hydrogens is 261 g/mol. The summed E-state index contributed by atoms with van der Waals surface area (Å²) >= 11 is 0. The molecule has 0 aromatic heterocycles. The van der Waals surface area contributed by atoms with Crippen molar-refractivity contribution in [2.75, 3.05) is 0 Å². The van der Waals surface area contributed by atoms with Crippen LogP contribution in [-0.2, 0) is 0 Å². The van der Waals surface area contributed by atoms with Crippen LogP contribution in [0.25, 0.3) is 0 Å². The van der Waals surface area contributed by atoms with Gasteiger partial charge in [-0.15, -0.1) is 0 Å². The average Bonchev–Trinajstić information content (AvgIpc) is 2.36. The highest BCUT2D eigenvalue weighted by molar-refractivity contribution is 5.39. The highest BCUT2D eigenvalue weighted by Gasteiger charge is 2.23. The summed E-state index contributed by atoms with van der Waals surface area (Å²) in [6, 6.07) is 0. The lowest BCUT2D eigenvalue weighted by atomic mass is 10.1. The van der Waals surface area contributed by atoms with Gasteiger partial charge in [-0.3, -0.25) is 0 Å². The molecule has 20 heavy (non-hydrogen) atoms. The normalized spacial score (nSPS) is 13.8. The van der Waals surface area contributed by atoms with Crippen LogP contribution in [0, 0.1) is 0 Å². The maximum Gasteiger partial charge on any atom is 0.410 e. The van der Waals surface area contributed by atoms with Gasteiger partial charge >= 0.3 is 6.18 Å². The maximum atomic E-state index is 12.4. The molecule has 0 atom stereocenters. The molecule has 0 nitrogen and oxygen atoms in total. The van der Waals surface area contributed by atoms with Crippen molar-refractivity contribution in [3.05, 3.63) is 97.7 Å². The monoisotopic (exact) mass is 278 g/mol. The van der Waals surface area contributed by atoms with Gasteiger partial charge < -0.3 is 0 Å². The van der Waals surface area contributed by atoms with Crippen LogP contribution in [0.4, 0.5) is 13.2 Å². The molecule has 0 spiro atoms. The Morgan fingerprint density at radius 2 is 1.40 bits per heavy atom. The fourth-order valence-electron chi connectivity index (χ4n) is 1.10. The summed E-state index contributed by atoms with van der Waals surface area (Å²) in [5, 5.41) is 0. The Morgan fingerprint density at radius 3 is 1.95 bits per heavy atom. The van der Waals surface area contributed by atoms with E-state index in [4.69, 9.17) is 0 Å². The van der Waals surface area contributed by atoms with Crippen LogP contribution in [0.15, 0.2) is 97.7 Å². The van der Waals surface area contributed by atoms with E-state index in [0.717, 1.165) is 0 Å². The van der Waals surface area contributed by atoms with E-state index < -0.39 is 6.18 Å². The molecule has 0 fully saturated rings. The first-order valence-electron chi connectivity index (χ1n) is 5.80. The molecule has 0 saturated heterocycles. The second kappa shape index (κ2) is 9.62. The summed E-state index contributed by atoms with van der Waals surface area (Å²) in [5.74, 6) is 0. The number of alkyl halides is 3. The summed E-state index contributed by atoms with van der Waals surface area (Å²) in [4.78, 5) is 0. The van der Waals surface area contributed by atoms with Gasteiger partial charge in [-0.05, 0) is 11.1 Å². The fourth-order valence-corrected chi connectivity index (χ4v) is 1.10. The number of halogens is 3. The van der Waals surface area contributed by atoms with Gasteiger partial charge in [-0.2, -0.15) is 13.2 Å². The van der Waals surface area contributed by atoms with Crippen LogP contribution in [0.5, 0.6) is 0 Å². The van der Waals surface area contributed by atoms with E-state index in [9.17, 15) is 13.2 Å². The molecule has 0 radical (unpaired) electrons. The van der Waals surface area contributed by atoms with Crippen molar-refractivity contribution in [3.8, 4) is 0 Å².